The van der Waals surface area contributed by atoms with Crippen LogP contribution < -0.4 is 9.64 Å². The van der Waals surface area contributed by atoms with Gasteiger partial charge in [0.05, 0.1) is 28.9 Å². The van der Waals surface area contributed by atoms with Gasteiger partial charge >= 0.3 is 5.97 Å². The van der Waals surface area contributed by atoms with Crippen LogP contribution in [0.15, 0.2) is 60.7 Å². The zero-order valence-corrected chi connectivity index (χ0v) is 18.5. The number of carbonyl (C=O) groups excluding carboxylic acids is 4. The van der Waals surface area contributed by atoms with E-state index in [2.05, 4.69) is 0 Å². The summed E-state index contributed by atoms with van der Waals surface area (Å²) in [6.45, 7) is 1.43. The number of halogens is 1. The van der Waals surface area contributed by atoms with E-state index in [4.69, 9.17) is 21.1 Å². The number of hydrogen-bond acceptors (Lipinski definition) is 6. The first kappa shape index (κ1) is 22.2. The molecule has 0 bridgehead atoms. The van der Waals surface area contributed by atoms with Gasteiger partial charge in [0.1, 0.15) is 11.3 Å². The molecule has 0 saturated heterocycles. The zero-order valence-electron chi connectivity index (χ0n) is 17.8. The Morgan fingerprint density at radius 2 is 1.55 bits per heavy atom. The molecule has 0 saturated carbocycles. The van der Waals surface area contributed by atoms with Gasteiger partial charge in [-0.3, -0.25) is 14.4 Å². The van der Waals surface area contributed by atoms with Gasteiger partial charge in [0.2, 0.25) is 0 Å². The summed E-state index contributed by atoms with van der Waals surface area (Å²) in [5.74, 6) is -2.21. The van der Waals surface area contributed by atoms with Crippen molar-refractivity contribution in [3.05, 3.63) is 93.5 Å². The molecule has 0 unspecified atom stereocenters. The third kappa shape index (κ3) is 4.10. The van der Waals surface area contributed by atoms with Gasteiger partial charge in [-0.15, -0.1) is 0 Å². The number of Topliss-reactive ketones (excluding diaryl/α,β-unsaturated/α-hetero) is 1. The minimum Gasteiger partial charge on any atom is -0.496 e. The highest BCUT2D eigenvalue weighted by Crippen LogP contribution is 2.38. The van der Waals surface area contributed by atoms with Gasteiger partial charge in [-0.05, 0) is 25.1 Å². The summed E-state index contributed by atoms with van der Waals surface area (Å²) in [5.41, 5.74) is 1.97. The standard InChI is InChI=1S/C25H18ClNO6/c1-14-7-9-15(10-8-14)21(28)13-33-25(31)18-11-19(26)20(12-22(18)32-2)27-23(29)16-5-3-4-6-17(16)24(27)30/h3-12H,13H2,1-2H3. The molecule has 1 aliphatic rings. The van der Waals surface area contributed by atoms with E-state index in [-0.39, 0.29) is 38.9 Å². The summed E-state index contributed by atoms with van der Waals surface area (Å²) in [6, 6.07) is 15.9. The van der Waals surface area contributed by atoms with E-state index < -0.39 is 24.4 Å². The molecule has 2 amide bonds. The number of carbonyl (C=O) groups is 4. The molecular weight excluding hydrogens is 446 g/mol. The number of aryl methyl sites for hydroxylation is 1. The van der Waals surface area contributed by atoms with Crippen molar-refractivity contribution in [3.8, 4) is 5.75 Å². The molecule has 0 radical (unpaired) electrons. The van der Waals surface area contributed by atoms with E-state index in [1.165, 1.54) is 19.2 Å². The summed E-state index contributed by atoms with van der Waals surface area (Å²) < 4.78 is 10.4. The highest BCUT2D eigenvalue weighted by atomic mass is 35.5. The van der Waals surface area contributed by atoms with Crippen molar-refractivity contribution in [1.29, 1.82) is 0 Å². The summed E-state index contributed by atoms with van der Waals surface area (Å²) >= 11 is 6.35. The molecule has 0 aromatic heterocycles. The molecule has 3 aromatic carbocycles. The molecule has 0 fully saturated rings. The molecule has 166 valence electrons. The fraction of sp³-hybridized carbons (Fsp3) is 0.120. The average Bonchev–Trinajstić information content (AvgIpc) is 3.07. The van der Waals surface area contributed by atoms with Crippen LogP contribution in [-0.2, 0) is 4.74 Å². The van der Waals surface area contributed by atoms with Gasteiger partial charge in [0.25, 0.3) is 11.8 Å². The first-order valence-electron chi connectivity index (χ1n) is 9.94. The summed E-state index contributed by atoms with van der Waals surface area (Å²) in [5, 5.41) is -0.0258. The predicted octanol–water partition coefficient (Wildman–Crippen LogP) is 4.50. The lowest BCUT2D eigenvalue weighted by Crippen LogP contribution is -2.29. The molecule has 0 atom stereocenters. The quantitative estimate of drug-likeness (QED) is 0.304. The fourth-order valence-electron chi connectivity index (χ4n) is 3.48. The van der Waals surface area contributed by atoms with Crippen molar-refractivity contribution >= 4 is 40.9 Å². The summed E-state index contributed by atoms with van der Waals surface area (Å²) in [7, 11) is 1.32. The van der Waals surface area contributed by atoms with Gasteiger partial charge in [-0.25, -0.2) is 9.69 Å². The lowest BCUT2D eigenvalue weighted by atomic mass is 10.1. The lowest BCUT2D eigenvalue weighted by molar-refractivity contribution is 0.0471. The Labute approximate surface area is 194 Å². The molecule has 1 heterocycles. The topological polar surface area (TPSA) is 90.0 Å². The average molecular weight is 464 g/mol. The van der Waals surface area contributed by atoms with E-state index in [9.17, 15) is 19.2 Å². The lowest BCUT2D eigenvalue weighted by Gasteiger charge is -2.18. The fourth-order valence-corrected chi connectivity index (χ4v) is 3.73. The molecule has 0 aliphatic carbocycles. The third-order valence-corrected chi connectivity index (χ3v) is 5.53. The smallest absolute Gasteiger partial charge is 0.342 e. The monoisotopic (exact) mass is 463 g/mol. The van der Waals surface area contributed by atoms with Crippen LogP contribution in [0.3, 0.4) is 0 Å². The number of esters is 1. The number of ether oxygens (including phenoxy) is 2. The Kier molecular flexibility index (Phi) is 5.98. The number of ketones is 1. The van der Waals surface area contributed by atoms with Crippen molar-refractivity contribution < 1.29 is 28.7 Å². The van der Waals surface area contributed by atoms with E-state index in [0.29, 0.717) is 5.56 Å². The number of imide groups is 1. The van der Waals surface area contributed by atoms with Crippen LogP contribution in [0.2, 0.25) is 5.02 Å². The number of anilines is 1. The molecule has 3 aromatic rings. The van der Waals surface area contributed by atoms with Crippen molar-refractivity contribution in [2.75, 3.05) is 18.6 Å². The van der Waals surface area contributed by atoms with Gasteiger partial charge in [0, 0.05) is 11.6 Å². The Bertz CT molecular complexity index is 1260. The zero-order chi connectivity index (χ0) is 23.7. The molecule has 0 N–H and O–H groups in total. The van der Waals surface area contributed by atoms with Crippen LogP contribution in [-0.4, -0.2) is 37.3 Å². The number of hydrogen-bond donors (Lipinski definition) is 0. The van der Waals surface area contributed by atoms with Crippen LogP contribution >= 0.6 is 11.6 Å². The maximum Gasteiger partial charge on any atom is 0.342 e. The molecule has 8 heteroatoms. The van der Waals surface area contributed by atoms with Gasteiger partial charge in [0.15, 0.2) is 12.4 Å². The molecule has 0 spiro atoms. The molecule has 1 aliphatic heterocycles. The Morgan fingerprint density at radius 1 is 0.939 bits per heavy atom. The first-order valence-corrected chi connectivity index (χ1v) is 10.3. The minimum atomic E-state index is -0.830. The van der Waals surface area contributed by atoms with Crippen molar-refractivity contribution in [1.82, 2.24) is 0 Å². The summed E-state index contributed by atoms with van der Waals surface area (Å²) in [4.78, 5) is 51.5. The van der Waals surface area contributed by atoms with E-state index >= 15 is 0 Å². The normalized spacial score (nSPS) is 12.5. The van der Waals surface area contributed by atoms with Gasteiger partial charge < -0.3 is 9.47 Å². The van der Waals surface area contributed by atoms with Gasteiger partial charge in [-0.2, -0.15) is 0 Å². The van der Waals surface area contributed by atoms with Crippen LogP contribution in [0, 0.1) is 6.92 Å². The second kappa shape index (κ2) is 8.88. The van der Waals surface area contributed by atoms with Crippen LogP contribution in [0.4, 0.5) is 5.69 Å². The van der Waals surface area contributed by atoms with Crippen LogP contribution in [0.25, 0.3) is 0 Å². The van der Waals surface area contributed by atoms with Gasteiger partial charge in [-0.1, -0.05) is 53.6 Å². The van der Waals surface area contributed by atoms with Crippen molar-refractivity contribution in [3.63, 3.8) is 0 Å². The Morgan fingerprint density at radius 3 is 2.12 bits per heavy atom. The predicted molar refractivity (Wildman–Crippen MR) is 121 cm³/mol. The first-order chi connectivity index (χ1) is 15.8. The van der Waals surface area contributed by atoms with Crippen molar-refractivity contribution in [2.24, 2.45) is 0 Å². The van der Waals surface area contributed by atoms with E-state index in [1.54, 1.807) is 48.5 Å². The second-order valence-corrected chi connectivity index (χ2v) is 7.77. The highest BCUT2D eigenvalue weighted by molar-refractivity contribution is 6.40. The van der Waals surface area contributed by atoms with E-state index in [0.717, 1.165) is 10.5 Å². The number of fused-ring (bicyclic) bond motifs is 1. The van der Waals surface area contributed by atoms with Crippen LogP contribution in [0.5, 0.6) is 5.75 Å². The number of nitrogens with zero attached hydrogens (tertiary/aromatic N) is 1. The number of rotatable bonds is 6. The maximum atomic E-state index is 12.8. The Hall–Kier alpha value is -3.97. The van der Waals surface area contributed by atoms with E-state index in [1.807, 2.05) is 6.92 Å². The number of benzene rings is 3. The SMILES string of the molecule is COc1cc(N2C(=O)c3ccccc3C2=O)c(Cl)cc1C(=O)OCC(=O)c1ccc(C)cc1. The largest absolute Gasteiger partial charge is 0.496 e. The Balaban J connectivity index is 1.57. The van der Waals surface area contributed by atoms with Crippen LogP contribution in [0.1, 0.15) is 47.0 Å². The molecule has 7 nitrogen and oxygen atoms in total. The number of methoxy groups -OCH3 is 1. The maximum absolute atomic E-state index is 12.8. The summed E-state index contributed by atoms with van der Waals surface area (Å²) in [6.07, 6.45) is 0. The second-order valence-electron chi connectivity index (χ2n) is 7.36. The third-order valence-electron chi connectivity index (χ3n) is 5.23. The minimum absolute atomic E-state index is 0.0258. The highest BCUT2D eigenvalue weighted by Gasteiger charge is 2.38. The number of amides is 2. The van der Waals surface area contributed by atoms with Crippen molar-refractivity contribution in [2.45, 2.75) is 6.92 Å². The molecular formula is C25H18ClNO6. The molecule has 4 rings (SSSR count). The molecule has 33 heavy (non-hydrogen) atoms.